The van der Waals surface area contributed by atoms with Crippen LogP contribution in [0.1, 0.15) is 12.1 Å². The molecule has 5 heteroatoms. The highest BCUT2D eigenvalue weighted by atomic mass is 35.5. The van der Waals surface area contributed by atoms with Crippen LogP contribution in [0.5, 0.6) is 5.88 Å². The molecule has 1 aliphatic rings. The second kappa shape index (κ2) is 5.12. The molecule has 1 fully saturated rings. The maximum absolute atomic E-state index is 5.67. The first-order chi connectivity index (χ1) is 6.36. The summed E-state index contributed by atoms with van der Waals surface area (Å²) in [5.41, 5.74) is 0.856. The molecule has 1 aromatic heterocycles. The molecule has 1 unspecified atom stereocenters. The van der Waals surface area contributed by atoms with E-state index in [0.29, 0.717) is 5.88 Å². The summed E-state index contributed by atoms with van der Waals surface area (Å²) in [6, 6.07) is 0. The summed E-state index contributed by atoms with van der Waals surface area (Å²) < 4.78 is 5.67. The molecule has 1 N–H and O–H groups in total. The van der Waals surface area contributed by atoms with Gasteiger partial charge in [0.25, 0.3) is 0 Å². The van der Waals surface area contributed by atoms with E-state index in [0.717, 1.165) is 25.2 Å². The first-order valence-electron chi connectivity index (χ1n) is 4.51. The summed E-state index contributed by atoms with van der Waals surface area (Å²) in [5, 5.41) is 3.24. The summed E-state index contributed by atoms with van der Waals surface area (Å²) >= 11 is 0. The molecule has 0 radical (unpaired) electrons. The van der Waals surface area contributed by atoms with Gasteiger partial charge in [0.15, 0.2) is 0 Å². The van der Waals surface area contributed by atoms with Crippen molar-refractivity contribution in [3.05, 3.63) is 18.1 Å². The summed E-state index contributed by atoms with van der Waals surface area (Å²) in [6.45, 7) is 3.85. The topological polar surface area (TPSA) is 47.0 Å². The molecular weight excluding hydrogens is 202 g/mol. The van der Waals surface area contributed by atoms with Crippen LogP contribution in [0.15, 0.2) is 12.4 Å². The van der Waals surface area contributed by atoms with Crippen molar-refractivity contribution in [1.29, 1.82) is 0 Å². The van der Waals surface area contributed by atoms with Gasteiger partial charge >= 0.3 is 0 Å². The van der Waals surface area contributed by atoms with Crippen molar-refractivity contribution in [2.75, 3.05) is 13.1 Å². The third-order valence-electron chi connectivity index (χ3n) is 2.13. The van der Waals surface area contributed by atoms with Crippen LogP contribution < -0.4 is 10.1 Å². The Kier molecular flexibility index (Phi) is 4.10. The number of aryl methyl sites for hydroxylation is 1. The second-order valence-electron chi connectivity index (χ2n) is 3.18. The summed E-state index contributed by atoms with van der Waals surface area (Å²) in [4.78, 5) is 8.24. The Bertz CT molecular complexity index is 289. The minimum absolute atomic E-state index is 0. The lowest BCUT2D eigenvalue weighted by molar-refractivity contribution is 0.211. The lowest BCUT2D eigenvalue weighted by Gasteiger charge is -2.11. The smallest absolute Gasteiger partial charge is 0.235 e. The highest BCUT2D eigenvalue weighted by Gasteiger charge is 2.17. The van der Waals surface area contributed by atoms with Gasteiger partial charge < -0.3 is 10.1 Å². The van der Waals surface area contributed by atoms with E-state index in [-0.39, 0.29) is 18.5 Å². The molecule has 0 amide bonds. The standard InChI is InChI=1S/C9H13N3O.ClH/c1-7-9(12-5-4-11-7)13-8-2-3-10-6-8;/h4-5,8,10H,2-3,6H2,1H3;1H. The van der Waals surface area contributed by atoms with Gasteiger partial charge in [-0.2, -0.15) is 0 Å². The third-order valence-corrected chi connectivity index (χ3v) is 2.13. The minimum Gasteiger partial charge on any atom is -0.472 e. The number of ether oxygens (including phenoxy) is 1. The molecule has 0 aliphatic carbocycles. The number of rotatable bonds is 2. The average molecular weight is 216 g/mol. The van der Waals surface area contributed by atoms with E-state index in [2.05, 4.69) is 15.3 Å². The van der Waals surface area contributed by atoms with Crippen LogP contribution in [0.3, 0.4) is 0 Å². The molecular formula is C9H14ClN3O. The Labute approximate surface area is 89.5 Å². The number of aromatic nitrogens is 2. The van der Waals surface area contributed by atoms with E-state index in [1.165, 1.54) is 0 Å². The number of hydrogen-bond acceptors (Lipinski definition) is 4. The van der Waals surface area contributed by atoms with E-state index >= 15 is 0 Å². The minimum atomic E-state index is 0. The first-order valence-corrected chi connectivity index (χ1v) is 4.51. The molecule has 4 nitrogen and oxygen atoms in total. The van der Waals surface area contributed by atoms with Gasteiger partial charge in [-0.25, -0.2) is 4.98 Å². The zero-order chi connectivity index (χ0) is 9.10. The van der Waals surface area contributed by atoms with Gasteiger partial charge in [-0.15, -0.1) is 12.4 Å². The van der Waals surface area contributed by atoms with E-state index in [9.17, 15) is 0 Å². The lowest BCUT2D eigenvalue weighted by Crippen LogP contribution is -2.20. The van der Waals surface area contributed by atoms with Crippen molar-refractivity contribution in [2.45, 2.75) is 19.4 Å². The van der Waals surface area contributed by atoms with Crippen molar-refractivity contribution in [3.63, 3.8) is 0 Å². The van der Waals surface area contributed by atoms with Crippen molar-refractivity contribution in [1.82, 2.24) is 15.3 Å². The fraction of sp³-hybridized carbons (Fsp3) is 0.556. The molecule has 1 atom stereocenters. The molecule has 1 aromatic rings. The second-order valence-corrected chi connectivity index (χ2v) is 3.18. The van der Waals surface area contributed by atoms with E-state index in [1.54, 1.807) is 12.4 Å². The monoisotopic (exact) mass is 215 g/mol. The molecule has 78 valence electrons. The fourth-order valence-corrected chi connectivity index (χ4v) is 1.40. The SMILES string of the molecule is Cc1nccnc1OC1CCNC1.Cl. The molecule has 0 spiro atoms. The Hall–Kier alpha value is -0.870. The van der Waals surface area contributed by atoms with Crippen LogP contribution >= 0.6 is 12.4 Å². The quantitative estimate of drug-likeness (QED) is 0.798. The maximum Gasteiger partial charge on any atom is 0.235 e. The first kappa shape index (κ1) is 11.2. The van der Waals surface area contributed by atoms with Gasteiger partial charge in [0.05, 0.1) is 5.69 Å². The van der Waals surface area contributed by atoms with E-state index < -0.39 is 0 Å². The number of nitrogens with zero attached hydrogens (tertiary/aromatic N) is 2. The highest BCUT2D eigenvalue weighted by Crippen LogP contribution is 2.14. The van der Waals surface area contributed by atoms with Crippen LogP contribution in [-0.4, -0.2) is 29.2 Å². The van der Waals surface area contributed by atoms with Crippen molar-refractivity contribution in [3.8, 4) is 5.88 Å². The van der Waals surface area contributed by atoms with Crippen molar-refractivity contribution < 1.29 is 4.74 Å². The van der Waals surface area contributed by atoms with Gasteiger partial charge in [-0.1, -0.05) is 0 Å². The van der Waals surface area contributed by atoms with E-state index in [4.69, 9.17) is 4.74 Å². The highest BCUT2D eigenvalue weighted by molar-refractivity contribution is 5.85. The van der Waals surface area contributed by atoms with Crippen LogP contribution in [0, 0.1) is 6.92 Å². The Morgan fingerprint density at radius 1 is 1.43 bits per heavy atom. The van der Waals surface area contributed by atoms with Gasteiger partial charge in [-0.05, 0) is 19.9 Å². The van der Waals surface area contributed by atoms with Crippen LogP contribution in [-0.2, 0) is 0 Å². The summed E-state index contributed by atoms with van der Waals surface area (Å²) in [5.74, 6) is 0.663. The van der Waals surface area contributed by atoms with Gasteiger partial charge in [0, 0.05) is 18.9 Å². The molecule has 2 rings (SSSR count). The summed E-state index contributed by atoms with van der Waals surface area (Å²) in [6.07, 6.45) is 4.64. The van der Waals surface area contributed by atoms with Crippen LogP contribution in [0.4, 0.5) is 0 Å². The average Bonchev–Trinajstić information content (AvgIpc) is 2.61. The third kappa shape index (κ3) is 2.56. The molecule has 1 aliphatic heterocycles. The van der Waals surface area contributed by atoms with Gasteiger partial charge in [0.1, 0.15) is 6.10 Å². The fourth-order valence-electron chi connectivity index (χ4n) is 1.40. The Morgan fingerprint density at radius 3 is 2.86 bits per heavy atom. The number of nitrogens with one attached hydrogen (secondary N) is 1. The van der Waals surface area contributed by atoms with Crippen LogP contribution in [0.2, 0.25) is 0 Å². The van der Waals surface area contributed by atoms with Gasteiger partial charge in [-0.3, -0.25) is 4.98 Å². The Morgan fingerprint density at radius 2 is 2.21 bits per heavy atom. The Balaban J connectivity index is 0.000000980. The molecule has 0 saturated carbocycles. The molecule has 0 bridgehead atoms. The van der Waals surface area contributed by atoms with Crippen molar-refractivity contribution in [2.24, 2.45) is 0 Å². The predicted molar refractivity (Wildman–Crippen MR) is 55.9 cm³/mol. The summed E-state index contributed by atoms with van der Waals surface area (Å²) in [7, 11) is 0. The number of hydrogen-bond donors (Lipinski definition) is 1. The maximum atomic E-state index is 5.67. The molecule has 14 heavy (non-hydrogen) atoms. The van der Waals surface area contributed by atoms with Gasteiger partial charge in [0.2, 0.25) is 5.88 Å². The number of halogens is 1. The predicted octanol–water partition coefficient (Wildman–Crippen LogP) is 0.948. The lowest BCUT2D eigenvalue weighted by atomic mass is 10.3. The molecule has 1 saturated heterocycles. The van der Waals surface area contributed by atoms with Crippen LogP contribution in [0.25, 0.3) is 0 Å². The normalized spacial score (nSPS) is 20.2. The largest absolute Gasteiger partial charge is 0.472 e. The zero-order valence-electron chi connectivity index (χ0n) is 8.06. The molecule has 0 aromatic carbocycles. The zero-order valence-corrected chi connectivity index (χ0v) is 8.88. The molecule has 2 heterocycles. The van der Waals surface area contributed by atoms with Crippen molar-refractivity contribution >= 4 is 12.4 Å². The van der Waals surface area contributed by atoms with E-state index in [1.807, 2.05) is 6.92 Å².